The molecule has 6 nitrogen and oxygen atoms in total. The Hall–Kier alpha value is -4.01. The third-order valence-electron chi connectivity index (χ3n) is 6.16. The molecule has 1 saturated heterocycles. The highest BCUT2D eigenvalue weighted by Gasteiger charge is 2.37. The molecule has 2 aliphatic rings. The van der Waals surface area contributed by atoms with Crippen molar-refractivity contribution < 1.29 is 27.4 Å². The van der Waals surface area contributed by atoms with Gasteiger partial charge in [-0.3, -0.25) is 9.69 Å². The summed E-state index contributed by atoms with van der Waals surface area (Å²) in [6.07, 6.45) is 7.82. The Balaban J connectivity index is 1.47. The largest absolute Gasteiger partial charge is 0.497 e. The van der Waals surface area contributed by atoms with Gasteiger partial charge in [-0.2, -0.15) is 0 Å². The van der Waals surface area contributed by atoms with Gasteiger partial charge in [0.05, 0.1) is 36.6 Å². The molecule has 0 aliphatic carbocycles. The molecular formula is C26H22F3N3O3. The molecule has 0 N–H and O–H groups in total. The molecule has 35 heavy (non-hydrogen) atoms. The van der Waals surface area contributed by atoms with Crippen molar-refractivity contribution in [1.82, 2.24) is 14.5 Å². The number of piperidine rings is 1. The van der Waals surface area contributed by atoms with Crippen molar-refractivity contribution in [2.24, 2.45) is 0 Å². The Kier molecular flexibility index (Phi) is 5.84. The van der Waals surface area contributed by atoms with Crippen molar-refractivity contribution in [2.45, 2.75) is 25.8 Å². The standard InChI is InChI=1S/C26H22F3N3O3/c1-15-11-31(14-30-15)22-6-3-16(8-24(22)34-2)7-17-4-5-19-12-35-13-23(32(19)26(17)33)18-9-20(27)25(29)21(28)10-18/h3,6-12,14,23H,4-5,13H2,1-2H3/b17-7+/t23-/m0/s1. The number of methoxy groups -OCH3 is 1. The van der Waals surface area contributed by atoms with E-state index in [1.165, 1.54) is 11.2 Å². The Morgan fingerprint density at radius 2 is 1.91 bits per heavy atom. The molecule has 0 unspecified atom stereocenters. The lowest BCUT2D eigenvalue weighted by Crippen LogP contribution is -2.42. The SMILES string of the molecule is COc1cc(/C=C2\CCC3=COC[C@@H](c4cc(F)c(F)c(F)c4)N3C2=O)ccc1-n1cnc(C)c1. The van der Waals surface area contributed by atoms with Gasteiger partial charge in [-0.05, 0) is 61.2 Å². The topological polar surface area (TPSA) is 56.6 Å². The molecule has 2 aliphatic heterocycles. The predicted octanol–water partition coefficient (Wildman–Crippen LogP) is 5.23. The highest BCUT2D eigenvalue weighted by molar-refractivity contribution is 6.00. The van der Waals surface area contributed by atoms with Crippen molar-refractivity contribution in [3.63, 3.8) is 0 Å². The minimum atomic E-state index is -1.55. The molecule has 0 bridgehead atoms. The number of hydrogen-bond acceptors (Lipinski definition) is 4. The zero-order valence-corrected chi connectivity index (χ0v) is 19.1. The fraction of sp³-hybridized carbons (Fsp3) is 0.231. The summed E-state index contributed by atoms with van der Waals surface area (Å²) in [5.41, 5.74) is 3.72. The van der Waals surface area contributed by atoms with E-state index < -0.39 is 23.5 Å². The monoisotopic (exact) mass is 481 g/mol. The smallest absolute Gasteiger partial charge is 0.254 e. The van der Waals surface area contributed by atoms with Crippen LogP contribution in [0.15, 0.2) is 60.4 Å². The van der Waals surface area contributed by atoms with Gasteiger partial charge in [0, 0.05) is 11.8 Å². The minimum Gasteiger partial charge on any atom is -0.497 e. The number of halogens is 3. The maximum absolute atomic E-state index is 13.9. The lowest BCUT2D eigenvalue weighted by atomic mass is 9.94. The van der Waals surface area contributed by atoms with E-state index in [0.29, 0.717) is 29.9 Å². The number of allylic oxidation sites excluding steroid dienone is 1. The second-order valence-electron chi connectivity index (χ2n) is 8.46. The van der Waals surface area contributed by atoms with Crippen LogP contribution in [0.25, 0.3) is 11.8 Å². The summed E-state index contributed by atoms with van der Waals surface area (Å²) >= 11 is 0. The summed E-state index contributed by atoms with van der Waals surface area (Å²) in [5.74, 6) is -3.85. The summed E-state index contributed by atoms with van der Waals surface area (Å²) < 4.78 is 54.2. The summed E-state index contributed by atoms with van der Waals surface area (Å²) in [7, 11) is 1.57. The van der Waals surface area contributed by atoms with Gasteiger partial charge in [-0.1, -0.05) is 6.07 Å². The Morgan fingerprint density at radius 1 is 1.14 bits per heavy atom. The van der Waals surface area contributed by atoms with E-state index in [-0.39, 0.29) is 18.1 Å². The molecular weight excluding hydrogens is 459 g/mol. The number of ether oxygens (including phenoxy) is 2. The van der Waals surface area contributed by atoms with Crippen molar-refractivity contribution in [1.29, 1.82) is 0 Å². The van der Waals surface area contributed by atoms with Crippen LogP contribution in [0.1, 0.15) is 35.7 Å². The molecule has 180 valence electrons. The van der Waals surface area contributed by atoms with Gasteiger partial charge in [-0.25, -0.2) is 18.2 Å². The van der Waals surface area contributed by atoms with Crippen molar-refractivity contribution in [2.75, 3.05) is 13.7 Å². The van der Waals surface area contributed by atoms with Crippen LogP contribution >= 0.6 is 0 Å². The number of aryl methyl sites for hydroxylation is 1. The number of rotatable bonds is 4. The normalized spacial score (nSPS) is 18.8. The molecule has 1 amide bonds. The lowest BCUT2D eigenvalue weighted by Gasteiger charge is -2.40. The second kappa shape index (κ2) is 8.98. The van der Waals surface area contributed by atoms with Gasteiger partial charge < -0.3 is 14.0 Å². The van der Waals surface area contributed by atoms with Gasteiger partial charge >= 0.3 is 0 Å². The van der Waals surface area contributed by atoms with E-state index in [1.54, 1.807) is 19.5 Å². The number of aromatic nitrogens is 2. The maximum Gasteiger partial charge on any atom is 0.254 e. The molecule has 0 spiro atoms. The number of hydrogen-bond donors (Lipinski definition) is 0. The van der Waals surface area contributed by atoms with Gasteiger partial charge in [0.25, 0.3) is 5.91 Å². The minimum absolute atomic E-state index is 0.000124. The zero-order chi connectivity index (χ0) is 24.7. The second-order valence-corrected chi connectivity index (χ2v) is 8.46. The van der Waals surface area contributed by atoms with Crippen molar-refractivity contribution in [3.8, 4) is 11.4 Å². The van der Waals surface area contributed by atoms with Gasteiger partial charge in [0.1, 0.15) is 18.6 Å². The zero-order valence-electron chi connectivity index (χ0n) is 19.1. The number of nitrogens with zero attached hydrogens (tertiary/aromatic N) is 3. The summed E-state index contributed by atoms with van der Waals surface area (Å²) in [5, 5.41) is 0. The predicted molar refractivity (Wildman–Crippen MR) is 122 cm³/mol. The van der Waals surface area contributed by atoms with Crippen LogP contribution in [0.5, 0.6) is 5.75 Å². The first-order chi connectivity index (χ1) is 16.9. The Morgan fingerprint density at radius 3 is 2.60 bits per heavy atom. The maximum atomic E-state index is 13.9. The first kappa shape index (κ1) is 22.8. The van der Waals surface area contributed by atoms with Gasteiger partial charge in [0.15, 0.2) is 17.5 Å². The van der Waals surface area contributed by atoms with E-state index in [9.17, 15) is 18.0 Å². The van der Waals surface area contributed by atoms with Crippen molar-refractivity contribution in [3.05, 3.63) is 94.7 Å². The quantitative estimate of drug-likeness (QED) is 0.379. The van der Waals surface area contributed by atoms with E-state index in [4.69, 9.17) is 9.47 Å². The van der Waals surface area contributed by atoms with Gasteiger partial charge in [0.2, 0.25) is 0 Å². The molecule has 9 heteroatoms. The first-order valence-electron chi connectivity index (χ1n) is 11.0. The van der Waals surface area contributed by atoms with Crippen molar-refractivity contribution >= 4 is 12.0 Å². The highest BCUT2D eigenvalue weighted by atomic mass is 19.2. The number of carbonyl (C=O) groups is 1. The molecule has 1 fully saturated rings. The van der Waals surface area contributed by atoms with Crippen LogP contribution in [0, 0.1) is 24.4 Å². The average Bonchev–Trinajstić information content (AvgIpc) is 3.29. The number of amides is 1. The van der Waals surface area contributed by atoms with E-state index in [1.807, 2.05) is 35.9 Å². The van der Waals surface area contributed by atoms with E-state index in [0.717, 1.165) is 29.1 Å². The van der Waals surface area contributed by atoms with Crippen LogP contribution in [-0.2, 0) is 9.53 Å². The molecule has 3 aromatic rings. The third kappa shape index (κ3) is 4.18. The van der Waals surface area contributed by atoms with E-state index in [2.05, 4.69) is 4.98 Å². The fourth-order valence-electron chi connectivity index (χ4n) is 4.44. The molecule has 1 aromatic heterocycles. The summed E-state index contributed by atoms with van der Waals surface area (Å²) in [6, 6.07) is 6.62. The summed E-state index contributed by atoms with van der Waals surface area (Å²) in [4.78, 5) is 19.2. The van der Waals surface area contributed by atoms with Gasteiger partial charge in [-0.15, -0.1) is 0 Å². The first-order valence-corrected chi connectivity index (χ1v) is 11.0. The number of carbonyl (C=O) groups excluding carboxylic acids is 1. The van der Waals surface area contributed by atoms with Crippen LogP contribution in [0.3, 0.4) is 0 Å². The molecule has 1 atom stereocenters. The van der Waals surface area contributed by atoms with Crippen LogP contribution in [0.4, 0.5) is 13.2 Å². The van der Waals surface area contributed by atoms with Crippen LogP contribution in [0.2, 0.25) is 0 Å². The molecule has 2 aromatic carbocycles. The molecule has 0 saturated carbocycles. The Bertz CT molecular complexity index is 1360. The average molecular weight is 481 g/mol. The van der Waals surface area contributed by atoms with Crippen LogP contribution < -0.4 is 4.74 Å². The Labute approximate surface area is 199 Å². The number of benzene rings is 2. The fourth-order valence-corrected chi connectivity index (χ4v) is 4.44. The lowest BCUT2D eigenvalue weighted by molar-refractivity contribution is -0.130. The molecule has 0 radical (unpaired) electrons. The third-order valence-corrected chi connectivity index (χ3v) is 6.16. The molecule has 5 rings (SSSR count). The number of fused-ring (bicyclic) bond motifs is 1. The van der Waals surface area contributed by atoms with Crippen LogP contribution in [-0.4, -0.2) is 34.1 Å². The highest BCUT2D eigenvalue weighted by Crippen LogP contribution is 2.38. The summed E-state index contributed by atoms with van der Waals surface area (Å²) in [6.45, 7) is 1.90. The van der Waals surface area contributed by atoms with E-state index >= 15 is 0 Å². The molecule has 3 heterocycles. The number of imidazole rings is 1.